The number of aromatic nitrogens is 1. The number of benzene rings is 2. The number of urea groups is 1. The maximum atomic E-state index is 12.4. The van der Waals surface area contributed by atoms with Crippen LogP contribution >= 0.6 is 11.3 Å². The summed E-state index contributed by atoms with van der Waals surface area (Å²) in [5, 5.41) is 8.59. The zero-order valence-corrected chi connectivity index (χ0v) is 16.8. The highest BCUT2D eigenvalue weighted by Gasteiger charge is 2.28. The first-order valence-corrected chi connectivity index (χ1v) is 11.6. The molecule has 1 aromatic heterocycles. The van der Waals surface area contributed by atoms with Crippen LogP contribution in [0, 0.1) is 0 Å². The highest BCUT2D eigenvalue weighted by Crippen LogP contribution is 2.25. The summed E-state index contributed by atoms with van der Waals surface area (Å²) in [6, 6.07) is 13.2. The first-order valence-electron chi connectivity index (χ1n) is 8.93. The molecule has 0 saturated carbocycles. The van der Waals surface area contributed by atoms with Gasteiger partial charge < -0.3 is 10.6 Å². The SMILES string of the molecule is O=C(Nc1ccc(C(=O)Nc2nc3ccccc3s2)cc1)NC1CCS(=O)(=O)C1. The van der Waals surface area contributed by atoms with Gasteiger partial charge in [0.15, 0.2) is 15.0 Å². The third-order valence-electron chi connectivity index (χ3n) is 4.49. The fourth-order valence-electron chi connectivity index (χ4n) is 3.06. The Labute approximate surface area is 171 Å². The number of sulfone groups is 1. The number of fused-ring (bicyclic) bond motifs is 1. The highest BCUT2D eigenvalue weighted by atomic mass is 32.2. The van der Waals surface area contributed by atoms with Crippen LogP contribution in [0.1, 0.15) is 16.8 Å². The number of hydrogen-bond acceptors (Lipinski definition) is 6. The molecule has 0 aliphatic carbocycles. The molecule has 0 spiro atoms. The molecule has 1 fully saturated rings. The number of carbonyl (C=O) groups is 2. The molecule has 10 heteroatoms. The smallest absolute Gasteiger partial charge is 0.319 e. The molecule has 3 amide bonds. The fourth-order valence-corrected chi connectivity index (χ4v) is 5.60. The summed E-state index contributed by atoms with van der Waals surface area (Å²) in [4.78, 5) is 28.8. The number of rotatable bonds is 4. The van der Waals surface area contributed by atoms with Gasteiger partial charge in [-0.15, -0.1) is 0 Å². The Morgan fingerprint density at radius 2 is 1.79 bits per heavy atom. The minimum absolute atomic E-state index is 0.0364. The Morgan fingerprint density at radius 3 is 2.48 bits per heavy atom. The zero-order valence-electron chi connectivity index (χ0n) is 15.2. The van der Waals surface area contributed by atoms with Gasteiger partial charge in [0.1, 0.15) is 0 Å². The van der Waals surface area contributed by atoms with Gasteiger partial charge in [-0.2, -0.15) is 0 Å². The van der Waals surface area contributed by atoms with Crippen LogP contribution in [0.4, 0.5) is 15.6 Å². The van der Waals surface area contributed by atoms with E-state index in [4.69, 9.17) is 0 Å². The van der Waals surface area contributed by atoms with Crippen molar-refractivity contribution in [2.24, 2.45) is 0 Å². The molecule has 3 aromatic rings. The predicted octanol–water partition coefficient (Wildman–Crippen LogP) is 2.86. The molecule has 150 valence electrons. The highest BCUT2D eigenvalue weighted by molar-refractivity contribution is 7.91. The second-order valence-electron chi connectivity index (χ2n) is 6.72. The van der Waals surface area contributed by atoms with Crippen molar-refractivity contribution in [3.8, 4) is 0 Å². The lowest BCUT2D eigenvalue weighted by Crippen LogP contribution is -2.38. The van der Waals surface area contributed by atoms with E-state index in [0.717, 1.165) is 10.2 Å². The van der Waals surface area contributed by atoms with Crippen LogP contribution in [0.25, 0.3) is 10.2 Å². The van der Waals surface area contributed by atoms with E-state index in [1.54, 1.807) is 24.3 Å². The van der Waals surface area contributed by atoms with Crippen LogP contribution in [0.5, 0.6) is 0 Å². The number of carbonyl (C=O) groups excluding carboxylic acids is 2. The van der Waals surface area contributed by atoms with Crippen LogP contribution in [0.15, 0.2) is 48.5 Å². The van der Waals surface area contributed by atoms with Crippen molar-refractivity contribution in [2.75, 3.05) is 22.1 Å². The maximum Gasteiger partial charge on any atom is 0.319 e. The van der Waals surface area contributed by atoms with E-state index in [9.17, 15) is 18.0 Å². The first kappa shape index (κ1) is 19.3. The van der Waals surface area contributed by atoms with Gasteiger partial charge in [0, 0.05) is 17.3 Å². The second kappa shape index (κ2) is 7.80. The third-order valence-corrected chi connectivity index (χ3v) is 7.21. The molecule has 3 N–H and O–H groups in total. The number of thiazole rings is 1. The Kier molecular flexibility index (Phi) is 5.20. The van der Waals surface area contributed by atoms with Gasteiger partial charge in [-0.1, -0.05) is 23.5 Å². The molecule has 2 heterocycles. The van der Waals surface area contributed by atoms with E-state index in [0.29, 0.717) is 22.8 Å². The van der Waals surface area contributed by atoms with Gasteiger partial charge in [0.05, 0.1) is 21.7 Å². The molecule has 0 radical (unpaired) electrons. The van der Waals surface area contributed by atoms with Gasteiger partial charge in [-0.25, -0.2) is 18.2 Å². The number of hydrogen-bond donors (Lipinski definition) is 3. The third kappa shape index (κ3) is 4.72. The van der Waals surface area contributed by atoms with Crippen molar-refractivity contribution in [1.29, 1.82) is 0 Å². The van der Waals surface area contributed by atoms with Crippen molar-refractivity contribution in [3.05, 3.63) is 54.1 Å². The van der Waals surface area contributed by atoms with Crippen LogP contribution in [-0.2, 0) is 9.84 Å². The van der Waals surface area contributed by atoms with E-state index in [1.807, 2.05) is 24.3 Å². The molecule has 1 aliphatic heterocycles. The van der Waals surface area contributed by atoms with Crippen molar-refractivity contribution < 1.29 is 18.0 Å². The van der Waals surface area contributed by atoms with Crippen molar-refractivity contribution in [2.45, 2.75) is 12.5 Å². The zero-order chi connectivity index (χ0) is 20.4. The largest absolute Gasteiger partial charge is 0.334 e. The standard InChI is InChI=1S/C19H18N4O4S2/c24-17(23-19-22-15-3-1-2-4-16(15)28-19)12-5-7-13(8-6-12)20-18(25)21-14-9-10-29(26,27)11-14/h1-8,14H,9-11H2,(H2,20,21,25)(H,22,23,24). The summed E-state index contributed by atoms with van der Waals surface area (Å²) in [5.74, 6) is -0.238. The summed E-state index contributed by atoms with van der Waals surface area (Å²) in [5.41, 5.74) is 1.76. The van der Waals surface area contributed by atoms with E-state index < -0.39 is 15.9 Å². The molecule has 2 aromatic carbocycles. The van der Waals surface area contributed by atoms with Crippen LogP contribution in [-0.4, -0.2) is 42.9 Å². The molecule has 0 bridgehead atoms. The number of amides is 3. The second-order valence-corrected chi connectivity index (χ2v) is 9.98. The van der Waals surface area contributed by atoms with E-state index in [-0.39, 0.29) is 23.5 Å². The molecule has 8 nitrogen and oxygen atoms in total. The topological polar surface area (TPSA) is 117 Å². The van der Waals surface area contributed by atoms with Gasteiger partial charge in [-0.3, -0.25) is 10.1 Å². The number of anilines is 2. The number of nitrogens with one attached hydrogen (secondary N) is 3. The number of nitrogens with zero attached hydrogens (tertiary/aromatic N) is 1. The summed E-state index contributed by atoms with van der Waals surface area (Å²) < 4.78 is 23.9. The molecule has 1 saturated heterocycles. The van der Waals surface area contributed by atoms with Crippen LogP contribution < -0.4 is 16.0 Å². The normalized spacial score (nSPS) is 17.7. The monoisotopic (exact) mass is 430 g/mol. The Morgan fingerprint density at radius 1 is 1.03 bits per heavy atom. The molecule has 1 atom stereocenters. The fraction of sp³-hybridized carbons (Fsp3) is 0.211. The maximum absolute atomic E-state index is 12.4. The average molecular weight is 431 g/mol. The predicted molar refractivity (Wildman–Crippen MR) is 113 cm³/mol. The summed E-state index contributed by atoms with van der Waals surface area (Å²) in [6.07, 6.45) is 0.417. The molecule has 1 aliphatic rings. The van der Waals surface area contributed by atoms with Crippen molar-refractivity contribution in [1.82, 2.24) is 10.3 Å². The van der Waals surface area contributed by atoms with Crippen molar-refractivity contribution >= 4 is 54.1 Å². The van der Waals surface area contributed by atoms with Gasteiger partial charge in [0.2, 0.25) is 0 Å². The molecule has 29 heavy (non-hydrogen) atoms. The van der Waals surface area contributed by atoms with E-state index in [2.05, 4.69) is 20.9 Å². The van der Waals surface area contributed by atoms with Crippen molar-refractivity contribution in [3.63, 3.8) is 0 Å². The summed E-state index contributed by atoms with van der Waals surface area (Å²) in [7, 11) is -3.05. The summed E-state index contributed by atoms with van der Waals surface area (Å²) >= 11 is 1.40. The molecule has 1 unspecified atom stereocenters. The molecule has 4 rings (SSSR count). The Bertz CT molecular complexity index is 1140. The Balaban J connectivity index is 1.34. The van der Waals surface area contributed by atoms with Gasteiger partial charge in [0.25, 0.3) is 5.91 Å². The van der Waals surface area contributed by atoms with Gasteiger partial charge >= 0.3 is 6.03 Å². The summed E-state index contributed by atoms with van der Waals surface area (Å²) in [6.45, 7) is 0. The lowest BCUT2D eigenvalue weighted by molar-refractivity contribution is 0.102. The first-order chi connectivity index (χ1) is 13.9. The van der Waals surface area contributed by atoms with E-state index in [1.165, 1.54) is 11.3 Å². The number of para-hydroxylation sites is 1. The Hall–Kier alpha value is -2.98. The minimum atomic E-state index is -3.05. The quantitative estimate of drug-likeness (QED) is 0.588. The average Bonchev–Trinajstić information content (AvgIpc) is 3.23. The lowest BCUT2D eigenvalue weighted by atomic mass is 10.2. The molecular formula is C19H18N4O4S2. The van der Waals surface area contributed by atoms with Gasteiger partial charge in [-0.05, 0) is 42.8 Å². The molecular weight excluding hydrogens is 412 g/mol. The minimum Gasteiger partial charge on any atom is -0.334 e. The lowest BCUT2D eigenvalue weighted by Gasteiger charge is -2.12. The van der Waals surface area contributed by atoms with Crippen LogP contribution in [0.3, 0.4) is 0 Å². The van der Waals surface area contributed by atoms with Crippen LogP contribution in [0.2, 0.25) is 0 Å². The van der Waals surface area contributed by atoms with E-state index >= 15 is 0 Å².